The van der Waals surface area contributed by atoms with Crippen molar-refractivity contribution in [3.8, 4) is 5.75 Å². The second-order valence-corrected chi connectivity index (χ2v) is 3.85. The number of non-ortho nitro benzene ring substituents is 1. The fourth-order valence-corrected chi connectivity index (χ4v) is 1.62. The summed E-state index contributed by atoms with van der Waals surface area (Å²) in [5.74, 6) is 0.495. The monoisotopic (exact) mass is 239 g/mol. The van der Waals surface area contributed by atoms with Gasteiger partial charge in [0.2, 0.25) is 6.29 Å². The molecule has 0 aliphatic carbocycles. The third-order valence-corrected chi connectivity index (χ3v) is 2.53. The van der Waals surface area contributed by atoms with E-state index in [1.807, 2.05) is 0 Å². The van der Waals surface area contributed by atoms with E-state index in [1.54, 1.807) is 0 Å². The zero-order valence-electron chi connectivity index (χ0n) is 9.11. The minimum absolute atomic E-state index is 0.0157. The standard InChI is InChI=1S/C11H13NO5/c13-9-5-6-16-11(7-9)17-10-3-1-8(2-4-10)12(14)15/h1-4,9,11,13H,5-7H2. The fraction of sp³-hybridized carbons (Fsp3) is 0.455. The molecule has 0 amide bonds. The fourth-order valence-electron chi connectivity index (χ4n) is 1.62. The molecule has 1 heterocycles. The Morgan fingerprint density at radius 2 is 2.12 bits per heavy atom. The Hall–Kier alpha value is -1.66. The SMILES string of the molecule is O=[N+]([O-])c1ccc(OC2CC(O)CCO2)cc1. The Balaban J connectivity index is 1.96. The van der Waals surface area contributed by atoms with Gasteiger partial charge in [0.05, 0.1) is 17.6 Å². The lowest BCUT2D eigenvalue weighted by atomic mass is 10.1. The van der Waals surface area contributed by atoms with Crippen LogP contribution in [0.3, 0.4) is 0 Å². The van der Waals surface area contributed by atoms with Gasteiger partial charge >= 0.3 is 0 Å². The first kappa shape index (κ1) is 11.8. The van der Waals surface area contributed by atoms with Crippen LogP contribution in [-0.4, -0.2) is 29.0 Å². The van der Waals surface area contributed by atoms with E-state index >= 15 is 0 Å². The molecule has 1 saturated heterocycles. The van der Waals surface area contributed by atoms with Gasteiger partial charge in [-0.3, -0.25) is 10.1 Å². The Morgan fingerprint density at radius 1 is 1.41 bits per heavy atom. The molecule has 1 fully saturated rings. The number of nitrogens with zero attached hydrogens (tertiary/aromatic N) is 1. The summed E-state index contributed by atoms with van der Waals surface area (Å²) >= 11 is 0. The topological polar surface area (TPSA) is 81.8 Å². The van der Waals surface area contributed by atoms with E-state index < -0.39 is 17.3 Å². The Morgan fingerprint density at radius 3 is 2.71 bits per heavy atom. The summed E-state index contributed by atoms with van der Waals surface area (Å²) in [6.07, 6.45) is 0.129. The largest absolute Gasteiger partial charge is 0.465 e. The number of hydrogen-bond donors (Lipinski definition) is 1. The molecule has 6 nitrogen and oxygen atoms in total. The van der Waals surface area contributed by atoms with Crippen LogP contribution in [0.2, 0.25) is 0 Å². The maximum Gasteiger partial charge on any atom is 0.269 e. The average molecular weight is 239 g/mol. The summed E-state index contributed by atoms with van der Waals surface area (Å²) in [7, 11) is 0. The predicted molar refractivity (Wildman–Crippen MR) is 58.7 cm³/mol. The smallest absolute Gasteiger partial charge is 0.269 e. The molecule has 2 rings (SSSR count). The second-order valence-electron chi connectivity index (χ2n) is 3.85. The number of nitro benzene ring substituents is 1. The van der Waals surface area contributed by atoms with Gasteiger partial charge in [0.25, 0.3) is 5.69 Å². The number of ether oxygens (including phenoxy) is 2. The van der Waals surface area contributed by atoms with E-state index in [0.29, 0.717) is 25.2 Å². The number of rotatable bonds is 3. The summed E-state index contributed by atoms with van der Waals surface area (Å²) in [6.45, 7) is 0.457. The first-order valence-corrected chi connectivity index (χ1v) is 5.36. The van der Waals surface area contributed by atoms with E-state index in [-0.39, 0.29) is 5.69 Å². The van der Waals surface area contributed by atoms with Gasteiger partial charge in [0, 0.05) is 18.6 Å². The zero-order valence-corrected chi connectivity index (χ0v) is 9.11. The van der Waals surface area contributed by atoms with E-state index in [9.17, 15) is 15.2 Å². The van der Waals surface area contributed by atoms with Gasteiger partial charge in [-0.15, -0.1) is 0 Å². The van der Waals surface area contributed by atoms with Crippen LogP contribution in [0.5, 0.6) is 5.75 Å². The highest BCUT2D eigenvalue weighted by Crippen LogP contribution is 2.22. The maximum atomic E-state index is 10.5. The molecule has 0 radical (unpaired) electrons. The van der Waals surface area contributed by atoms with Crippen molar-refractivity contribution < 1.29 is 19.5 Å². The van der Waals surface area contributed by atoms with E-state index in [1.165, 1.54) is 24.3 Å². The molecule has 2 atom stereocenters. The third kappa shape index (κ3) is 3.15. The summed E-state index contributed by atoms with van der Waals surface area (Å²) in [4.78, 5) is 9.98. The summed E-state index contributed by atoms with van der Waals surface area (Å²) in [6, 6.07) is 5.77. The minimum atomic E-state index is -0.486. The van der Waals surface area contributed by atoms with E-state index in [0.717, 1.165) is 0 Å². The lowest BCUT2D eigenvalue weighted by Crippen LogP contribution is -2.32. The van der Waals surface area contributed by atoms with Gasteiger partial charge in [-0.1, -0.05) is 0 Å². The van der Waals surface area contributed by atoms with Crippen molar-refractivity contribution >= 4 is 5.69 Å². The normalized spacial score (nSPS) is 24.3. The van der Waals surface area contributed by atoms with Crippen molar-refractivity contribution in [2.45, 2.75) is 25.2 Å². The molecule has 2 unspecified atom stereocenters. The van der Waals surface area contributed by atoms with Gasteiger partial charge in [-0.05, 0) is 18.6 Å². The molecular formula is C11H13NO5. The highest BCUT2D eigenvalue weighted by molar-refractivity contribution is 5.36. The molecule has 1 aromatic carbocycles. The first-order valence-electron chi connectivity index (χ1n) is 5.36. The van der Waals surface area contributed by atoms with Crippen LogP contribution >= 0.6 is 0 Å². The van der Waals surface area contributed by atoms with Crippen molar-refractivity contribution in [1.82, 2.24) is 0 Å². The molecule has 1 aliphatic rings. The van der Waals surface area contributed by atoms with E-state index in [2.05, 4.69) is 0 Å². The number of aliphatic hydroxyl groups is 1. The Bertz CT molecular complexity index is 391. The summed E-state index contributed by atoms with van der Waals surface area (Å²) in [5.41, 5.74) is 0.0157. The molecule has 0 bridgehead atoms. The number of hydrogen-bond acceptors (Lipinski definition) is 5. The summed E-state index contributed by atoms with van der Waals surface area (Å²) < 4.78 is 10.8. The first-order chi connectivity index (χ1) is 8.15. The highest BCUT2D eigenvalue weighted by Gasteiger charge is 2.22. The van der Waals surface area contributed by atoms with Crippen molar-refractivity contribution in [2.24, 2.45) is 0 Å². The van der Waals surface area contributed by atoms with Crippen LogP contribution in [0, 0.1) is 10.1 Å². The van der Waals surface area contributed by atoms with Crippen molar-refractivity contribution in [3.05, 3.63) is 34.4 Å². The minimum Gasteiger partial charge on any atom is -0.465 e. The summed E-state index contributed by atoms with van der Waals surface area (Å²) in [5, 5.41) is 19.9. The number of benzene rings is 1. The molecule has 0 aromatic heterocycles. The Kier molecular flexibility index (Phi) is 3.55. The third-order valence-electron chi connectivity index (χ3n) is 2.53. The van der Waals surface area contributed by atoms with Crippen molar-refractivity contribution in [2.75, 3.05) is 6.61 Å². The van der Waals surface area contributed by atoms with Crippen LogP contribution in [0.15, 0.2) is 24.3 Å². The second kappa shape index (κ2) is 5.11. The van der Waals surface area contributed by atoms with E-state index in [4.69, 9.17) is 9.47 Å². The number of aliphatic hydroxyl groups excluding tert-OH is 1. The molecular weight excluding hydrogens is 226 g/mol. The molecule has 0 spiro atoms. The van der Waals surface area contributed by atoms with Crippen molar-refractivity contribution in [1.29, 1.82) is 0 Å². The van der Waals surface area contributed by atoms with Crippen LogP contribution in [0.4, 0.5) is 5.69 Å². The molecule has 1 aromatic rings. The molecule has 92 valence electrons. The van der Waals surface area contributed by atoms with Crippen molar-refractivity contribution in [3.63, 3.8) is 0 Å². The van der Waals surface area contributed by atoms with Gasteiger partial charge < -0.3 is 14.6 Å². The molecule has 1 N–H and O–H groups in total. The predicted octanol–water partition coefficient (Wildman–Crippen LogP) is 1.47. The number of nitro groups is 1. The average Bonchev–Trinajstić information content (AvgIpc) is 2.29. The zero-order chi connectivity index (χ0) is 12.3. The van der Waals surface area contributed by atoms with Gasteiger partial charge in [0.15, 0.2) is 0 Å². The highest BCUT2D eigenvalue weighted by atomic mass is 16.7. The molecule has 6 heteroatoms. The lowest BCUT2D eigenvalue weighted by Gasteiger charge is -2.26. The van der Waals surface area contributed by atoms with Gasteiger partial charge in [0.1, 0.15) is 5.75 Å². The quantitative estimate of drug-likeness (QED) is 0.638. The Labute approximate surface area is 97.9 Å². The van der Waals surface area contributed by atoms with Gasteiger partial charge in [-0.25, -0.2) is 0 Å². The molecule has 17 heavy (non-hydrogen) atoms. The maximum absolute atomic E-state index is 10.5. The van der Waals surface area contributed by atoms with Crippen LogP contribution in [0.25, 0.3) is 0 Å². The van der Waals surface area contributed by atoms with Gasteiger partial charge in [-0.2, -0.15) is 0 Å². The molecule has 0 saturated carbocycles. The van der Waals surface area contributed by atoms with Crippen LogP contribution < -0.4 is 4.74 Å². The molecule has 1 aliphatic heterocycles. The van der Waals surface area contributed by atoms with Crippen LogP contribution in [-0.2, 0) is 4.74 Å². The van der Waals surface area contributed by atoms with Crippen LogP contribution in [0.1, 0.15) is 12.8 Å². The lowest BCUT2D eigenvalue weighted by molar-refractivity contribution is -0.384.